The van der Waals surface area contributed by atoms with Gasteiger partial charge in [0.15, 0.2) is 0 Å². The topological polar surface area (TPSA) is 92.9 Å². The quantitative estimate of drug-likeness (QED) is 0.834. The second-order valence-corrected chi connectivity index (χ2v) is 5.95. The molecule has 1 fully saturated rings. The first-order valence-corrected chi connectivity index (χ1v) is 7.61. The molecular formula is C16H19N3O4. The number of nitrogens with two attached hydrogens (primary N) is 1. The Hall–Kier alpha value is -2.57. The first-order chi connectivity index (χ1) is 11.0. The molecule has 1 unspecified atom stereocenters. The zero-order valence-corrected chi connectivity index (χ0v) is 12.9. The van der Waals surface area contributed by atoms with Crippen LogP contribution in [0, 0.1) is 0 Å². The van der Waals surface area contributed by atoms with Crippen molar-refractivity contribution in [2.45, 2.75) is 38.5 Å². The number of primary amides is 1. The van der Waals surface area contributed by atoms with E-state index in [9.17, 15) is 14.4 Å². The molecule has 2 heterocycles. The zero-order chi connectivity index (χ0) is 16.6. The number of rotatable bonds is 3. The van der Waals surface area contributed by atoms with Gasteiger partial charge in [-0.3, -0.25) is 14.5 Å². The maximum Gasteiger partial charge on any atom is 0.415 e. The number of hydrogen-bond acceptors (Lipinski definition) is 4. The lowest BCUT2D eigenvalue weighted by Crippen LogP contribution is -2.40. The zero-order valence-electron chi connectivity index (χ0n) is 12.9. The van der Waals surface area contributed by atoms with E-state index in [0.29, 0.717) is 12.2 Å². The first-order valence-electron chi connectivity index (χ1n) is 7.61. The molecule has 0 spiro atoms. The van der Waals surface area contributed by atoms with E-state index in [-0.39, 0.29) is 0 Å². The van der Waals surface area contributed by atoms with Gasteiger partial charge in [-0.2, -0.15) is 0 Å². The molecule has 3 amide bonds. The average Bonchev–Trinajstić information content (AvgIpc) is 2.71. The van der Waals surface area contributed by atoms with E-state index in [2.05, 4.69) is 0 Å². The molecule has 0 aliphatic carbocycles. The van der Waals surface area contributed by atoms with E-state index in [1.165, 1.54) is 4.90 Å². The predicted molar refractivity (Wildman–Crippen MR) is 82.6 cm³/mol. The van der Waals surface area contributed by atoms with Crippen LogP contribution >= 0.6 is 0 Å². The number of fused-ring (bicyclic) bond motifs is 1. The van der Waals surface area contributed by atoms with Gasteiger partial charge in [0.05, 0.1) is 6.04 Å². The monoisotopic (exact) mass is 317 g/mol. The van der Waals surface area contributed by atoms with Gasteiger partial charge < -0.3 is 15.4 Å². The molecule has 1 aromatic carbocycles. The van der Waals surface area contributed by atoms with Gasteiger partial charge in [0.2, 0.25) is 12.5 Å². The Balaban J connectivity index is 1.90. The molecule has 0 aromatic heterocycles. The van der Waals surface area contributed by atoms with Crippen LogP contribution in [0.1, 0.15) is 24.5 Å². The smallest absolute Gasteiger partial charge is 0.415 e. The van der Waals surface area contributed by atoms with Gasteiger partial charge in [0, 0.05) is 18.8 Å². The van der Waals surface area contributed by atoms with Gasteiger partial charge in [-0.1, -0.05) is 6.07 Å². The summed E-state index contributed by atoms with van der Waals surface area (Å²) >= 11 is 0. The van der Waals surface area contributed by atoms with Crippen molar-refractivity contribution in [1.82, 2.24) is 4.90 Å². The molecule has 23 heavy (non-hydrogen) atoms. The summed E-state index contributed by atoms with van der Waals surface area (Å²) in [7, 11) is 0. The highest BCUT2D eigenvalue weighted by Gasteiger charge is 2.43. The molecule has 122 valence electrons. The van der Waals surface area contributed by atoms with Crippen LogP contribution in [0.25, 0.3) is 0 Å². The normalized spacial score (nSPS) is 24.0. The maximum absolute atomic E-state index is 12.1. The first kappa shape index (κ1) is 15.3. The second-order valence-electron chi connectivity index (χ2n) is 5.95. The molecule has 2 N–H and O–H groups in total. The lowest BCUT2D eigenvalue weighted by Gasteiger charge is -2.21. The van der Waals surface area contributed by atoms with Gasteiger partial charge in [-0.15, -0.1) is 0 Å². The number of carbonyl (C=O) groups excluding carboxylic acids is 3. The summed E-state index contributed by atoms with van der Waals surface area (Å²) in [5.74, 6) is -0.648. The van der Waals surface area contributed by atoms with Crippen LogP contribution in [0.2, 0.25) is 0 Å². The van der Waals surface area contributed by atoms with Gasteiger partial charge >= 0.3 is 6.09 Å². The van der Waals surface area contributed by atoms with Crippen LogP contribution in [0.3, 0.4) is 0 Å². The Labute approximate surface area is 134 Å². The lowest BCUT2D eigenvalue weighted by molar-refractivity contribution is -0.125. The second kappa shape index (κ2) is 5.91. The number of aryl methyl sites for hydroxylation is 1. The number of anilines is 1. The molecule has 7 nitrogen and oxygen atoms in total. The molecule has 0 saturated carbocycles. The standard InChI is InChI=1S/C16H19N3O4/c1-10-14(15(17)21)23-16(22)19(10)13-5-4-12-8-18(9-20)6-2-3-11(12)7-13/h4-5,7,9-10,14H,2-3,6,8H2,1H3,(H2,17,21)/t10?,14-/m1/s1. The molecule has 7 heteroatoms. The third-order valence-electron chi connectivity index (χ3n) is 4.43. The number of nitrogens with zero attached hydrogens (tertiary/aromatic N) is 2. The van der Waals surface area contributed by atoms with Gasteiger partial charge in [-0.25, -0.2) is 4.79 Å². The van der Waals surface area contributed by atoms with Crippen LogP contribution in [-0.2, 0) is 27.3 Å². The highest BCUT2D eigenvalue weighted by atomic mass is 16.6. The Morgan fingerprint density at radius 2 is 2.17 bits per heavy atom. The largest absolute Gasteiger partial charge is 0.433 e. The van der Waals surface area contributed by atoms with E-state index < -0.39 is 24.1 Å². The van der Waals surface area contributed by atoms with Crippen molar-refractivity contribution in [1.29, 1.82) is 0 Å². The maximum atomic E-state index is 12.1. The van der Waals surface area contributed by atoms with Crippen LogP contribution in [0.15, 0.2) is 18.2 Å². The molecule has 0 bridgehead atoms. The van der Waals surface area contributed by atoms with Crippen molar-refractivity contribution >= 4 is 24.1 Å². The number of amides is 3. The van der Waals surface area contributed by atoms with Gasteiger partial charge in [0.1, 0.15) is 0 Å². The third kappa shape index (κ3) is 2.74. The van der Waals surface area contributed by atoms with Crippen LogP contribution < -0.4 is 10.6 Å². The van der Waals surface area contributed by atoms with E-state index in [1.807, 2.05) is 18.2 Å². The average molecular weight is 317 g/mol. The highest BCUT2D eigenvalue weighted by Crippen LogP contribution is 2.30. The van der Waals surface area contributed by atoms with Crippen LogP contribution in [-0.4, -0.2) is 42.0 Å². The van der Waals surface area contributed by atoms with Crippen molar-refractivity contribution < 1.29 is 19.1 Å². The molecule has 2 aliphatic rings. The third-order valence-corrected chi connectivity index (χ3v) is 4.43. The molecule has 3 rings (SSSR count). The number of benzene rings is 1. The van der Waals surface area contributed by atoms with E-state index in [0.717, 1.165) is 36.9 Å². The fraction of sp³-hybridized carbons (Fsp3) is 0.438. The summed E-state index contributed by atoms with van der Waals surface area (Å²) in [5.41, 5.74) is 8.14. The fourth-order valence-corrected chi connectivity index (χ4v) is 3.21. The van der Waals surface area contributed by atoms with Crippen molar-refractivity contribution in [3.63, 3.8) is 0 Å². The van der Waals surface area contributed by atoms with E-state index in [4.69, 9.17) is 10.5 Å². The summed E-state index contributed by atoms with van der Waals surface area (Å²) in [4.78, 5) is 37.6. The summed E-state index contributed by atoms with van der Waals surface area (Å²) in [6.45, 7) is 3.03. The molecule has 1 aromatic rings. The minimum atomic E-state index is -0.938. The number of ether oxygens (including phenoxy) is 1. The fourth-order valence-electron chi connectivity index (χ4n) is 3.21. The van der Waals surface area contributed by atoms with E-state index in [1.54, 1.807) is 11.8 Å². The number of hydrogen-bond donors (Lipinski definition) is 1. The van der Waals surface area contributed by atoms with Crippen molar-refractivity contribution in [2.75, 3.05) is 11.4 Å². The summed E-state index contributed by atoms with van der Waals surface area (Å²) < 4.78 is 5.06. The van der Waals surface area contributed by atoms with Crippen LogP contribution in [0.5, 0.6) is 0 Å². The minimum absolute atomic E-state index is 0.449. The SMILES string of the molecule is CC1[C@H](C(N)=O)OC(=O)N1c1ccc2c(c1)CCCN(C=O)C2. The molecule has 1 saturated heterocycles. The predicted octanol–water partition coefficient (Wildman–Crippen LogP) is 0.790. The lowest BCUT2D eigenvalue weighted by atomic mass is 10.0. The van der Waals surface area contributed by atoms with Crippen molar-refractivity contribution in [3.8, 4) is 0 Å². The van der Waals surface area contributed by atoms with E-state index >= 15 is 0 Å². The van der Waals surface area contributed by atoms with Gasteiger partial charge in [0.25, 0.3) is 5.91 Å². The number of carbonyl (C=O) groups is 3. The van der Waals surface area contributed by atoms with Crippen molar-refractivity contribution in [3.05, 3.63) is 29.3 Å². The summed E-state index contributed by atoms with van der Waals surface area (Å²) in [5, 5.41) is 0. The van der Waals surface area contributed by atoms with Crippen LogP contribution in [0.4, 0.5) is 10.5 Å². The summed E-state index contributed by atoms with van der Waals surface area (Å²) in [6.07, 6.45) is 1.07. The molecule has 0 radical (unpaired) electrons. The Kier molecular flexibility index (Phi) is 3.94. The van der Waals surface area contributed by atoms with Crippen molar-refractivity contribution in [2.24, 2.45) is 5.73 Å². The highest BCUT2D eigenvalue weighted by molar-refractivity contribution is 5.96. The minimum Gasteiger partial charge on any atom is -0.433 e. The Bertz CT molecular complexity index is 661. The summed E-state index contributed by atoms with van der Waals surface area (Å²) in [6, 6.07) is 5.22. The Morgan fingerprint density at radius 3 is 2.83 bits per heavy atom. The van der Waals surface area contributed by atoms with Gasteiger partial charge in [-0.05, 0) is 43.0 Å². The molecular weight excluding hydrogens is 298 g/mol. The molecule has 2 aliphatic heterocycles. The number of cyclic esters (lactones) is 1. The molecule has 2 atom stereocenters. The Morgan fingerprint density at radius 1 is 1.39 bits per heavy atom.